The molecule has 2 aromatic carbocycles. The lowest BCUT2D eigenvalue weighted by atomic mass is 10.0. The lowest BCUT2D eigenvalue weighted by molar-refractivity contribution is 0.298. The van der Waals surface area contributed by atoms with Crippen molar-refractivity contribution in [2.75, 3.05) is 20.8 Å². The molecule has 0 fully saturated rings. The van der Waals surface area contributed by atoms with E-state index >= 15 is 0 Å². The van der Waals surface area contributed by atoms with E-state index < -0.39 is 10.0 Å². The number of hydrogen-bond acceptors (Lipinski definition) is 4. The zero-order valence-electron chi connectivity index (χ0n) is 15.8. The SMILES string of the molecule is COc1ccc(S(=O)(=O)N2CCn3cccc3[C@@H]2c2ccccc2)cc1OC. The Hall–Kier alpha value is -2.77. The van der Waals surface area contributed by atoms with E-state index in [0.29, 0.717) is 24.6 Å². The van der Waals surface area contributed by atoms with Crippen molar-refractivity contribution in [3.05, 3.63) is 78.1 Å². The Morgan fingerprint density at radius 2 is 1.64 bits per heavy atom. The van der Waals surface area contributed by atoms with E-state index in [1.807, 2.05) is 48.7 Å². The Morgan fingerprint density at radius 1 is 0.893 bits per heavy atom. The molecule has 1 atom stereocenters. The van der Waals surface area contributed by atoms with Gasteiger partial charge in [0.2, 0.25) is 10.0 Å². The number of hydrogen-bond donors (Lipinski definition) is 0. The van der Waals surface area contributed by atoms with Gasteiger partial charge >= 0.3 is 0 Å². The Balaban J connectivity index is 1.82. The summed E-state index contributed by atoms with van der Waals surface area (Å²) in [4.78, 5) is 0.186. The zero-order chi connectivity index (χ0) is 19.7. The third-order valence-corrected chi connectivity index (χ3v) is 6.93. The molecular formula is C21H22N2O4S. The van der Waals surface area contributed by atoms with Crippen LogP contribution in [0.1, 0.15) is 17.3 Å². The minimum absolute atomic E-state index is 0.186. The molecule has 0 amide bonds. The van der Waals surface area contributed by atoms with Crippen LogP contribution in [0.3, 0.4) is 0 Å². The second kappa shape index (κ2) is 7.33. The molecule has 0 saturated carbocycles. The minimum atomic E-state index is -3.75. The molecule has 0 radical (unpaired) electrons. The van der Waals surface area contributed by atoms with Crippen molar-refractivity contribution in [3.63, 3.8) is 0 Å². The van der Waals surface area contributed by atoms with Crippen LogP contribution < -0.4 is 9.47 Å². The first kappa shape index (κ1) is 18.6. The summed E-state index contributed by atoms with van der Waals surface area (Å²) in [6, 6.07) is 18.0. The van der Waals surface area contributed by atoms with Gasteiger partial charge in [0.15, 0.2) is 11.5 Å². The predicted molar refractivity (Wildman–Crippen MR) is 106 cm³/mol. The van der Waals surface area contributed by atoms with Crippen LogP contribution in [0.4, 0.5) is 0 Å². The summed E-state index contributed by atoms with van der Waals surface area (Å²) in [6.07, 6.45) is 1.99. The fraction of sp³-hybridized carbons (Fsp3) is 0.238. The van der Waals surface area contributed by atoms with Crippen molar-refractivity contribution in [2.24, 2.45) is 0 Å². The van der Waals surface area contributed by atoms with E-state index in [2.05, 4.69) is 4.57 Å². The number of rotatable bonds is 5. The number of sulfonamides is 1. The van der Waals surface area contributed by atoms with Crippen LogP contribution in [-0.4, -0.2) is 38.1 Å². The molecule has 0 spiro atoms. The van der Waals surface area contributed by atoms with Gasteiger partial charge in [0.25, 0.3) is 0 Å². The van der Waals surface area contributed by atoms with Gasteiger partial charge in [0.05, 0.1) is 25.2 Å². The van der Waals surface area contributed by atoms with E-state index in [1.54, 1.807) is 16.4 Å². The average Bonchev–Trinajstić information content (AvgIpc) is 3.22. The molecule has 1 aromatic heterocycles. The number of aromatic nitrogens is 1. The van der Waals surface area contributed by atoms with Gasteiger partial charge in [-0.05, 0) is 29.8 Å². The Kier molecular flexibility index (Phi) is 4.87. The third-order valence-electron chi connectivity index (χ3n) is 5.07. The molecule has 146 valence electrons. The Morgan fingerprint density at radius 3 is 2.36 bits per heavy atom. The summed E-state index contributed by atoms with van der Waals surface area (Å²) in [5.74, 6) is 0.883. The molecule has 0 saturated heterocycles. The fourth-order valence-electron chi connectivity index (χ4n) is 3.71. The zero-order valence-corrected chi connectivity index (χ0v) is 16.6. The van der Waals surface area contributed by atoms with E-state index in [0.717, 1.165) is 11.3 Å². The molecule has 28 heavy (non-hydrogen) atoms. The van der Waals surface area contributed by atoms with E-state index in [-0.39, 0.29) is 10.9 Å². The molecule has 4 rings (SSSR count). The maximum Gasteiger partial charge on any atom is 0.244 e. The molecule has 3 aromatic rings. The first-order chi connectivity index (χ1) is 13.6. The highest BCUT2D eigenvalue weighted by atomic mass is 32.2. The molecule has 0 bridgehead atoms. The lowest BCUT2D eigenvalue weighted by Gasteiger charge is -2.36. The Bertz CT molecular complexity index is 1080. The molecule has 0 aliphatic carbocycles. The second-order valence-corrected chi connectivity index (χ2v) is 8.46. The van der Waals surface area contributed by atoms with Gasteiger partial charge in [-0.3, -0.25) is 0 Å². The summed E-state index contributed by atoms with van der Waals surface area (Å²) in [5.41, 5.74) is 1.90. The molecule has 0 unspecified atom stereocenters. The van der Waals surface area contributed by atoms with Gasteiger partial charge in [-0.25, -0.2) is 8.42 Å². The monoisotopic (exact) mass is 398 g/mol. The van der Waals surface area contributed by atoms with Gasteiger partial charge in [0.1, 0.15) is 0 Å². The highest BCUT2D eigenvalue weighted by Crippen LogP contribution is 2.38. The number of benzene rings is 2. The number of methoxy groups -OCH3 is 2. The van der Waals surface area contributed by atoms with Crippen molar-refractivity contribution in [3.8, 4) is 11.5 Å². The highest BCUT2D eigenvalue weighted by molar-refractivity contribution is 7.89. The highest BCUT2D eigenvalue weighted by Gasteiger charge is 2.37. The second-order valence-electron chi connectivity index (χ2n) is 6.57. The van der Waals surface area contributed by atoms with Crippen molar-refractivity contribution < 1.29 is 17.9 Å². The van der Waals surface area contributed by atoms with Crippen LogP contribution in [0.5, 0.6) is 11.5 Å². The van der Waals surface area contributed by atoms with Gasteiger partial charge in [0, 0.05) is 31.0 Å². The largest absolute Gasteiger partial charge is 0.493 e. The van der Waals surface area contributed by atoms with Crippen molar-refractivity contribution in [1.29, 1.82) is 0 Å². The standard InChI is InChI=1S/C21H22N2O4S/c1-26-19-11-10-17(15-20(19)27-2)28(24,25)23-14-13-22-12-6-9-18(22)21(23)16-7-4-3-5-8-16/h3-12,15,21H,13-14H2,1-2H3/t21-/m0/s1. The summed E-state index contributed by atoms with van der Waals surface area (Å²) in [7, 11) is -0.734. The van der Waals surface area contributed by atoms with E-state index in [4.69, 9.17) is 9.47 Å². The fourth-order valence-corrected chi connectivity index (χ4v) is 5.30. The summed E-state index contributed by atoms with van der Waals surface area (Å²) < 4.78 is 41.4. The van der Waals surface area contributed by atoms with Gasteiger partial charge in [-0.2, -0.15) is 4.31 Å². The van der Waals surface area contributed by atoms with E-state index in [1.165, 1.54) is 20.3 Å². The van der Waals surface area contributed by atoms with Crippen LogP contribution in [0, 0.1) is 0 Å². The number of fused-ring (bicyclic) bond motifs is 1. The molecular weight excluding hydrogens is 376 g/mol. The predicted octanol–water partition coefficient (Wildman–Crippen LogP) is 3.30. The van der Waals surface area contributed by atoms with Crippen molar-refractivity contribution in [2.45, 2.75) is 17.5 Å². The van der Waals surface area contributed by atoms with E-state index in [9.17, 15) is 8.42 Å². The number of nitrogens with zero attached hydrogens (tertiary/aromatic N) is 2. The van der Waals surface area contributed by atoms with Gasteiger partial charge < -0.3 is 14.0 Å². The van der Waals surface area contributed by atoms with Crippen LogP contribution in [0.2, 0.25) is 0 Å². The molecule has 1 aliphatic rings. The molecule has 7 heteroatoms. The minimum Gasteiger partial charge on any atom is -0.493 e. The lowest BCUT2D eigenvalue weighted by Crippen LogP contribution is -2.42. The summed E-state index contributed by atoms with van der Waals surface area (Å²) in [6.45, 7) is 0.996. The molecule has 0 N–H and O–H groups in total. The van der Waals surface area contributed by atoms with Crippen LogP contribution in [0.15, 0.2) is 71.8 Å². The number of ether oxygens (including phenoxy) is 2. The maximum absolute atomic E-state index is 13.6. The van der Waals surface area contributed by atoms with Crippen LogP contribution >= 0.6 is 0 Å². The topological polar surface area (TPSA) is 60.8 Å². The first-order valence-electron chi connectivity index (χ1n) is 9.00. The smallest absolute Gasteiger partial charge is 0.244 e. The Labute approximate surface area is 165 Å². The third kappa shape index (κ3) is 3.06. The first-order valence-corrected chi connectivity index (χ1v) is 10.4. The normalized spacial score (nSPS) is 17.1. The molecule has 6 nitrogen and oxygen atoms in total. The van der Waals surface area contributed by atoms with Gasteiger partial charge in [-0.1, -0.05) is 30.3 Å². The molecule has 1 aliphatic heterocycles. The summed E-state index contributed by atoms with van der Waals surface area (Å²) >= 11 is 0. The quantitative estimate of drug-likeness (QED) is 0.662. The van der Waals surface area contributed by atoms with Gasteiger partial charge in [-0.15, -0.1) is 0 Å². The summed E-state index contributed by atoms with van der Waals surface area (Å²) in [5, 5.41) is 0. The maximum atomic E-state index is 13.6. The van der Waals surface area contributed by atoms with Crippen molar-refractivity contribution in [1.82, 2.24) is 8.87 Å². The average molecular weight is 398 g/mol. The molecule has 2 heterocycles. The van der Waals surface area contributed by atoms with Crippen molar-refractivity contribution >= 4 is 10.0 Å². The van der Waals surface area contributed by atoms with Crippen LogP contribution in [0.25, 0.3) is 0 Å². The van der Waals surface area contributed by atoms with Crippen LogP contribution in [-0.2, 0) is 16.6 Å².